The summed E-state index contributed by atoms with van der Waals surface area (Å²) in [5.41, 5.74) is 2.50. The Hall–Kier alpha value is -2.64. The largest absolute Gasteiger partial charge is 0.341 e. The number of nitrogens with zero attached hydrogens (tertiary/aromatic N) is 6. The van der Waals surface area contributed by atoms with Gasteiger partial charge in [0.1, 0.15) is 0 Å². The zero-order chi connectivity index (χ0) is 15.8. The van der Waals surface area contributed by atoms with Crippen LogP contribution in [0.2, 0.25) is 0 Å². The molecule has 4 rings (SSSR count). The highest BCUT2D eigenvalue weighted by Crippen LogP contribution is 2.27. The third kappa shape index (κ3) is 2.49. The van der Waals surface area contributed by atoms with E-state index < -0.39 is 0 Å². The Balaban J connectivity index is 1.84. The summed E-state index contributed by atoms with van der Waals surface area (Å²) in [4.78, 5) is 16.2. The molecule has 1 aliphatic heterocycles. The van der Waals surface area contributed by atoms with E-state index in [0.29, 0.717) is 6.04 Å². The predicted octanol–water partition coefficient (Wildman–Crippen LogP) is 2.47. The van der Waals surface area contributed by atoms with E-state index in [4.69, 9.17) is 9.97 Å². The van der Waals surface area contributed by atoms with Gasteiger partial charge in [0.15, 0.2) is 17.0 Å². The Morgan fingerprint density at radius 3 is 2.74 bits per heavy atom. The summed E-state index contributed by atoms with van der Waals surface area (Å²) in [5, 5.41) is 10.1. The summed E-state index contributed by atoms with van der Waals surface area (Å²) in [7, 11) is 0. The van der Waals surface area contributed by atoms with E-state index >= 15 is 0 Å². The van der Waals surface area contributed by atoms with Gasteiger partial charge in [0.25, 0.3) is 0 Å². The van der Waals surface area contributed by atoms with Crippen LogP contribution in [-0.4, -0.2) is 42.8 Å². The lowest BCUT2D eigenvalue weighted by Gasteiger charge is -2.17. The van der Waals surface area contributed by atoms with Gasteiger partial charge in [-0.1, -0.05) is 0 Å². The standard InChI is InChI=1S/C15H20N8/c1-10(2)23-9-16-12-13(19-11-7-17-18-8-11)20-15(21-14(12)23)22-5-3-4-6-22/h7-10H,3-6H2,1-2H3,(H,17,18)(H,19,20,21). The first-order valence-corrected chi connectivity index (χ1v) is 7.97. The van der Waals surface area contributed by atoms with E-state index in [0.717, 1.165) is 41.7 Å². The molecule has 0 bridgehead atoms. The van der Waals surface area contributed by atoms with Crippen molar-refractivity contribution in [1.29, 1.82) is 0 Å². The zero-order valence-corrected chi connectivity index (χ0v) is 13.3. The molecule has 3 aromatic heterocycles. The van der Waals surface area contributed by atoms with Gasteiger partial charge in [0.2, 0.25) is 5.95 Å². The highest BCUT2D eigenvalue weighted by molar-refractivity contribution is 5.86. The molecule has 2 N–H and O–H groups in total. The molecule has 0 aromatic carbocycles. The van der Waals surface area contributed by atoms with Crippen LogP contribution in [0.25, 0.3) is 11.2 Å². The molecule has 0 aliphatic carbocycles. The zero-order valence-electron chi connectivity index (χ0n) is 13.3. The van der Waals surface area contributed by atoms with Crippen LogP contribution in [0.3, 0.4) is 0 Å². The lowest BCUT2D eigenvalue weighted by molar-refractivity contribution is 0.612. The van der Waals surface area contributed by atoms with Crippen molar-refractivity contribution in [3.63, 3.8) is 0 Å². The number of anilines is 3. The molecule has 0 saturated carbocycles. The number of hydrogen-bond acceptors (Lipinski definition) is 6. The summed E-state index contributed by atoms with van der Waals surface area (Å²) in [6.45, 7) is 6.27. The molecule has 8 nitrogen and oxygen atoms in total. The number of rotatable bonds is 4. The van der Waals surface area contributed by atoms with Crippen LogP contribution in [0, 0.1) is 0 Å². The first-order valence-electron chi connectivity index (χ1n) is 7.97. The van der Waals surface area contributed by atoms with Crippen LogP contribution in [0.15, 0.2) is 18.7 Å². The number of imidazole rings is 1. The van der Waals surface area contributed by atoms with E-state index in [1.165, 1.54) is 12.8 Å². The minimum atomic E-state index is 0.295. The maximum atomic E-state index is 4.78. The molecule has 0 spiro atoms. The quantitative estimate of drug-likeness (QED) is 0.769. The van der Waals surface area contributed by atoms with Crippen molar-refractivity contribution < 1.29 is 0 Å². The summed E-state index contributed by atoms with van der Waals surface area (Å²) < 4.78 is 2.08. The Bertz CT molecular complexity index is 798. The van der Waals surface area contributed by atoms with E-state index in [1.54, 1.807) is 12.4 Å². The maximum absolute atomic E-state index is 4.78. The Morgan fingerprint density at radius 2 is 2.04 bits per heavy atom. The van der Waals surface area contributed by atoms with Crippen molar-refractivity contribution in [2.24, 2.45) is 0 Å². The van der Waals surface area contributed by atoms with Crippen molar-refractivity contribution >= 4 is 28.6 Å². The molecule has 0 unspecified atom stereocenters. The first-order chi connectivity index (χ1) is 11.2. The van der Waals surface area contributed by atoms with Crippen LogP contribution in [0.4, 0.5) is 17.5 Å². The van der Waals surface area contributed by atoms with Gasteiger partial charge in [-0.05, 0) is 26.7 Å². The SMILES string of the molecule is CC(C)n1cnc2c(Nc3cn[nH]c3)nc(N3CCCC3)nc21. The van der Waals surface area contributed by atoms with Crippen LogP contribution < -0.4 is 10.2 Å². The smallest absolute Gasteiger partial charge is 0.229 e. The highest BCUT2D eigenvalue weighted by atomic mass is 15.3. The lowest BCUT2D eigenvalue weighted by atomic mass is 10.4. The average Bonchev–Trinajstić information content (AvgIpc) is 3.28. The predicted molar refractivity (Wildman–Crippen MR) is 89.0 cm³/mol. The third-order valence-electron chi connectivity index (χ3n) is 4.12. The third-order valence-corrected chi connectivity index (χ3v) is 4.12. The second-order valence-electron chi connectivity index (χ2n) is 6.10. The number of aromatic amines is 1. The van der Waals surface area contributed by atoms with Crippen LogP contribution in [0.5, 0.6) is 0 Å². The van der Waals surface area contributed by atoms with Crippen molar-refractivity contribution in [2.75, 3.05) is 23.3 Å². The minimum Gasteiger partial charge on any atom is -0.341 e. The summed E-state index contributed by atoms with van der Waals surface area (Å²) >= 11 is 0. The minimum absolute atomic E-state index is 0.295. The number of H-pyrrole nitrogens is 1. The van der Waals surface area contributed by atoms with Crippen molar-refractivity contribution in [3.8, 4) is 0 Å². The van der Waals surface area contributed by atoms with Gasteiger partial charge in [-0.2, -0.15) is 15.1 Å². The molecule has 23 heavy (non-hydrogen) atoms. The Morgan fingerprint density at radius 1 is 1.22 bits per heavy atom. The molecule has 0 amide bonds. The Kier molecular flexibility index (Phi) is 3.36. The molecule has 0 radical (unpaired) electrons. The normalized spacial score (nSPS) is 15.0. The van der Waals surface area contributed by atoms with Gasteiger partial charge in [0.05, 0.1) is 18.2 Å². The molecule has 1 fully saturated rings. The van der Waals surface area contributed by atoms with Crippen LogP contribution in [-0.2, 0) is 0 Å². The van der Waals surface area contributed by atoms with Crippen molar-refractivity contribution in [1.82, 2.24) is 29.7 Å². The van der Waals surface area contributed by atoms with E-state index in [-0.39, 0.29) is 0 Å². The monoisotopic (exact) mass is 312 g/mol. The van der Waals surface area contributed by atoms with Gasteiger partial charge in [0, 0.05) is 25.3 Å². The fraction of sp³-hybridized carbons (Fsp3) is 0.467. The van der Waals surface area contributed by atoms with Gasteiger partial charge in [-0.25, -0.2) is 4.98 Å². The number of nitrogens with one attached hydrogen (secondary N) is 2. The van der Waals surface area contributed by atoms with E-state index in [2.05, 4.69) is 43.8 Å². The molecular formula is C15H20N8. The summed E-state index contributed by atoms with van der Waals surface area (Å²) in [6, 6.07) is 0.295. The molecule has 1 saturated heterocycles. The topological polar surface area (TPSA) is 87.5 Å². The second kappa shape index (κ2) is 5.53. The van der Waals surface area contributed by atoms with Crippen molar-refractivity contribution in [3.05, 3.63) is 18.7 Å². The fourth-order valence-corrected chi connectivity index (χ4v) is 2.88. The fourth-order valence-electron chi connectivity index (χ4n) is 2.88. The maximum Gasteiger partial charge on any atom is 0.229 e. The number of hydrogen-bond donors (Lipinski definition) is 2. The van der Waals surface area contributed by atoms with Crippen molar-refractivity contribution in [2.45, 2.75) is 32.7 Å². The molecule has 3 aromatic rings. The molecule has 0 atom stereocenters. The average molecular weight is 312 g/mol. The first kappa shape index (κ1) is 14.0. The van der Waals surface area contributed by atoms with Crippen LogP contribution >= 0.6 is 0 Å². The molecule has 4 heterocycles. The summed E-state index contributed by atoms with van der Waals surface area (Å²) in [5.74, 6) is 1.49. The number of fused-ring (bicyclic) bond motifs is 1. The van der Waals surface area contributed by atoms with Gasteiger partial charge < -0.3 is 14.8 Å². The lowest BCUT2D eigenvalue weighted by Crippen LogP contribution is -2.21. The molecule has 120 valence electrons. The Labute approximate surface area is 134 Å². The molecule has 1 aliphatic rings. The summed E-state index contributed by atoms with van der Waals surface area (Å²) in [6.07, 6.45) is 7.73. The van der Waals surface area contributed by atoms with Gasteiger partial charge in [-0.15, -0.1) is 0 Å². The van der Waals surface area contributed by atoms with E-state index in [1.807, 2.05) is 6.33 Å². The molecular weight excluding hydrogens is 292 g/mol. The molecule has 8 heteroatoms. The highest BCUT2D eigenvalue weighted by Gasteiger charge is 2.20. The second-order valence-corrected chi connectivity index (χ2v) is 6.10. The van der Waals surface area contributed by atoms with Gasteiger partial charge in [-0.3, -0.25) is 5.10 Å². The van der Waals surface area contributed by atoms with Crippen LogP contribution in [0.1, 0.15) is 32.7 Å². The van der Waals surface area contributed by atoms with Gasteiger partial charge >= 0.3 is 0 Å². The van der Waals surface area contributed by atoms with E-state index in [9.17, 15) is 0 Å². The number of aromatic nitrogens is 6.